The van der Waals surface area contributed by atoms with Gasteiger partial charge in [-0.25, -0.2) is 4.99 Å². The lowest BCUT2D eigenvalue weighted by atomic mass is 10.1. The van der Waals surface area contributed by atoms with E-state index in [0.717, 1.165) is 25.5 Å². The largest absolute Gasteiger partial charge is 0.357 e. The Hall–Kier alpha value is -1.31. The van der Waals surface area contributed by atoms with Gasteiger partial charge >= 0.3 is 0 Å². The van der Waals surface area contributed by atoms with Crippen LogP contribution in [0.15, 0.2) is 29.3 Å². The molecule has 0 saturated heterocycles. The molecule has 6 heteroatoms. The fraction of sp³-hybridized carbons (Fsp3) is 0.529. The van der Waals surface area contributed by atoms with Gasteiger partial charge in [0.2, 0.25) is 5.91 Å². The van der Waals surface area contributed by atoms with Gasteiger partial charge in [-0.1, -0.05) is 31.2 Å². The first-order valence-electron chi connectivity index (χ1n) is 8.00. The zero-order valence-corrected chi connectivity index (χ0v) is 16.6. The maximum absolute atomic E-state index is 11.6. The van der Waals surface area contributed by atoms with Crippen molar-refractivity contribution in [1.82, 2.24) is 16.0 Å². The van der Waals surface area contributed by atoms with Crippen LogP contribution in [0, 0.1) is 6.92 Å². The first-order chi connectivity index (χ1) is 10.7. The molecule has 3 N–H and O–H groups in total. The molecule has 0 saturated carbocycles. The Labute approximate surface area is 156 Å². The maximum atomic E-state index is 11.6. The number of nitrogens with zero attached hydrogens (tertiary/aromatic N) is 1. The lowest BCUT2D eigenvalue weighted by Gasteiger charge is -2.11. The van der Waals surface area contributed by atoms with Crippen molar-refractivity contribution in [2.75, 3.05) is 19.6 Å². The molecular formula is C17H29IN4O. The third-order valence-electron chi connectivity index (χ3n) is 3.23. The SMILES string of the molecule is CCCNC(=O)CCNC(=NCc1ccccc1C)NCC.I. The van der Waals surface area contributed by atoms with Crippen molar-refractivity contribution in [3.05, 3.63) is 35.4 Å². The first-order valence-corrected chi connectivity index (χ1v) is 8.00. The van der Waals surface area contributed by atoms with Gasteiger partial charge in [0.05, 0.1) is 6.54 Å². The molecule has 0 aromatic heterocycles. The van der Waals surface area contributed by atoms with E-state index < -0.39 is 0 Å². The molecule has 23 heavy (non-hydrogen) atoms. The summed E-state index contributed by atoms with van der Waals surface area (Å²) in [5, 5.41) is 9.26. The second-order valence-corrected chi connectivity index (χ2v) is 5.15. The highest BCUT2D eigenvalue weighted by molar-refractivity contribution is 14.0. The average molecular weight is 432 g/mol. The summed E-state index contributed by atoms with van der Waals surface area (Å²) in [6.07, 6.45) is 1.41. The fourth-order valence-corrected chi connectivity index (χ4v) is 1.94. The van der Waals surface area contributed by atoms with E-state index in [2.05, 4.69) is 40.0 Å². The van der Waals surface area contributed by atoms with Gasteiger partial charge < -0.3 is 16.0 Å². The van der Waals surface area contributed by atoms with Crippen LogP contribution in [0.4, 0.5) is 0 Å². The normalized spacial score (nSPS) is 10.7. The Morgan fingerprint density at radius 2 is 1.83 bits per heavy atom. The molecule has 0 aliphatic rings. The molecule has 5 nitrogen and oxygen atoms in total. The van der Waals surface area contributed by atoms with Crippen LogP contribution in [-0.4, -0.2) is 31.5 Å². The van der Waals surface area contributed by atoms with Crippen molar-refractivity contribution < 1.29 is 4.79 Å². The van der Waals surface area contributed by atoms with Crippen LogP contribution in [0.5, 0.6) is 0 Å². The summed E-state index contributed by atoms with van der Waals surface area (Å²) in [7, 11) is 0. The summed E-state index contributed by atoms with van der Waals surface area (Å²) in [5.41, 5.74) is 2.45. The predicted molar refractivity (Wildman–Crippen MR) is 107 cm³/mol. The summed E-state index contributed by atoms with van der Waals surface area (Å²) < 4.78 is 0. The molecule has 0 radical (unpaired) electrons. The van der Waals surface area contributed by atoms with E-state index in [1.54, 1.807) is 0 Å². The van der Waals surface area contributed by atoms with Crippen molar-refractivity contribution in [2.24, 2.45) is 4.99 Å². The van der Waals surface area contributed by atoms with E-state index in [0.29, 0.717) is 19.5 Å². The fourth-order valence-electron chi connectivity index (χ4n) is 1.94. The van der Waals surface area contributed by atoms with E-state index in [9.17, 15) is 4.79 Å². The van der Waals surface area contributed by atoms with Crippen molar-refractivity contribution in [2.45, 2.75) is 40.2 Å². The molecule has 0 heterocycles. The summed E-state index contributed by atoms with van der Waals surface area (Å²) in [6, 6.07) is 8.22. The highest BCUT2D eigenvalue weighted by Gasteiger charge is 2.02. The van der Waals surface area contributed by atoms with Crippen molar-refractivity contribution in [3.63, 3.8) is 0 Å². The van der Waals surface area contributed by atoms with E-state index in [-0.39, 0.29) is 29.9 Å². The Morgan fingerprint density at radius 3 is 2.48 bits per heavy atom. The standard InChI is InChI=1S/C17H28N4O.HI/c1-4-11-19-16(22)10-12-20-17(18-5-2)21-13-15-9-7-6-8-14(15)3;/h6-9H,4-5,10-13H2,1-3H3,(H,19,22)(H2,18,20,21);1H. The molecule has 0 aliphatic carbocycles. The maximum Gasteiger partial charge on any atom is 0.221 e. The molecule has 130 valence electrons. The van der Waals surface area contributed by atoms with Crippen LogP contribution in [0.2, 0.25) is 0 Å². The molecule has 0 fully saturated rings. The molecule has 1 rings (SSSR count). The third kappa shape index (κ3) is 9.43. The van der Waals surface area contributed by atoms with Crippen LogP contribution in [0.25, 0.3) is 0 Å². The first kappa shape index (κ1) is 21.7. The number of guanidine groups is 1. The van der Waals surface area contributed by atoms with E-state index in [1.165, 1.54) is 11.1 Å². The van der Waals surface area contributed by atoms with Gasteiger partial charge in [-0.2, -0.15) is 0 Å². The summed E-state index contributed by atoms with van der Waals surface area (Å²) in [6.45, 7) is 8.89. The lowest BCUT2D eigenvalue weighted by Crippen LogP contribution is -2.39. The Bertz CT molecular complexity index is 491. The zero-order valence-electron chi connectivity index (χ0n) is 14.3. The number of carbonyl (C=O) groups excluding carboxylic acids is 1. The number of rotatable bonds is 8. The van der Waals surface area contributed by atoms with E-state index in [4.69, 9.17) is 0 Å². The average Bonchev–Trinajstić information content (AvgIpc) is 2.52. The minimum Gasteiger partial charge on any atom is -0.357 e. The van der Waals surface area contributed by atoms with Gasteiger partial charge in [-0.05, 0) is 31.4 Å². The molecule has 0 atom stereocenters. The number of amides is 1. The highest BCUT2D eigenvalue weighted by Crippen LogP contribution is 2.07. The summed E-state index contributed by atoms with van der Waals surface area (Å²) in [4.78, 5) is 16.1. The van der Waals surface area contributed by atoms with Gasteiger partial charge in [-0.15, -0.1) is 24.0 Å². The van der Waals surface area contributed by atoms with Gasteiger partial charge in [0.15, 0.2) is 5.96 Å². The number of benzene rings is 1. The van der Waals surface area contributed by atoms with Crippen LogP contribution >= 0.6 is 24.0 Å². The molecule has 1 aromatic carbocycles. The molecule has 1 aromatic rings. The smallest absolute Gasteiger partial charge is 0.221 e. The quantitative estimate of drug-likeness (QED) is 0.336. The van der Waals surface area contributed by atoms with Crippen molar-refractivity contribution >= 4 is 35.8 Å². The van der Waals surface area contributed by atoms with Crippen LogP contribution < -0.4 is 16.0 Å². The molecule has 0 bridgehead atoms. The monoisotopic (exact) mass is 432 g/mol. The summed E-state index contributed by atoms with van der Waals surface area (Å²) >= 11 is 0. The number of aryl methyl sites for hydroxylation is 1. The Morgan fingerprint density at radius 1 is 1.09 bits per heavy atom. The number of hydrogen-bond donors (Lipinski definition) is 3. The lowest BCUT2D eigenvalue weighted by molar-refractivity contribution is -0.120. The van der Waals surface area contributed by atoms with Crippen molar-refractivity contribution in [1.29, 1.82) is 0 Å². The molecule has 1 amide bonds. The van der Waals surface area contributed by atoms with E-state index in [1.807, 2.05) is 26.0 Å². The Kier molecular flexibility index (Phi) is 12.4. The minimum absolute atomic E-state index is 0. The zero-order chi connectivity index (χ0) is 16.2. The van der Waals surface area contributed by atoms with Gasteiger partial charge in [0.1, 0.15) is 0 Å². The number of aliphatic imine (C=N–C) groups is 1. The minimum atomic E-state index is 0. The molecule has 0 unspecified atom stereocenters. The summed E-state index contributed by atoms with van der Waals surface area (Å²) in [5.74, 6) is 0.818. The highest BCUT2D eigenvalue weighted by atomic mass is 127. The Balaban J connectivity index is 0.00000484. The molecular weight excluding hydrogens is 403 g/mol. The van der Waals surface area contributed by atoms with Gasteiger partial charge in [0, 0.05) is 26.1 Å². The van der Waals surface area contributed by atoms with Crippen molar-refractivity contribution in [3.8, 4) is 0 Å². The second-order valence-electron chi connectivity index (χ2n) is 5.15. The molecule has 0 spiro atoms. The predicted octanol–water partition coefficient (Wildman–Crippen LogP) is 2.58. The second kappa shape index (κ2) is 13.2. The van der Waals surface area contributed by atoms with Gasteiger partial charge in [0.25, 0.3) is 0 Å². The van der Waals surface area contributed by atoms with Crippen LogP contribution in [0.3, 0.4) is 0 Å². The number of nitrogens with one attached hydrogen (secondary N) is 3. The number of hydrogen-bond acceptors (Lipinski definition) is 2. The van der Waals surface area contributed by atoms with E-state index >= 15 is 0 Å². The van der Waals surface area contributed by atoms with Crippen LogP contribution in [0.1, 0.15) is 37.8 Å². The van der Waals surface area contributed by atoms with Crippen LogP contribution in [-0.2, 0) is 11.3 Å². The number of halogens is 1. The topological polar surface area (TPSA) is 65.5 Å². The third-order valence-corrected chi connectivity index (χ3v) is 3.23. The van der Waals surface area contributed by atoms with Gasteiger partial charge in [-0.3, -0.25) is 4.79 Å². The molecule has 0 aliphatic heterocycles. The number of carbonyl (C=O) groups is 1.